The average molecular weight is 258 g/mol. The number of ether oxygens (including phenoxy) is 1. The summed E-state index contributed by atoms with van der Waals surface area (Å²) in [6, 6.07) is 6.60. The van der Waals surface area contributed by atoms with E-state index in [-0.39, 0.29) is 18.4 Å². The van der Waals surface area contributed by atoms with E-state index in [1.807, 2.05) is 6.92 Å². The highest BCUT2D eigenvalue weighted by Crippen LogP contribution is 2.22. The molecule has 0 heterocycles. The predicted molar refractivity (Wildman–Crippen MR) is 76.2 cm³/mol. The topological polar surface area (TPSA) is 35.2 Å². The quantitative estimate of drug-likeness (QED) is 0.848. The van der Waals surface area contributed by atoms with Crippen LogP contribution in [0.4, 0.5) is 0 Å². The molecule has 2 N–H and O–H groups in total. The van der Waals surface area contributed by atoms with Crippen LogP contribution in [0.15, 0.2) is 18.2 Å². The van der Waals surface area contributed by atoms with Crippen LogP contribution in [0, 0.1) is 0 Å². The van der Waals surface area contributed by atoms with Gasteiger partial charge in [-0.1, -0.05) is 26.0 Å². The molecule has 0 saturated carbocycles. The van der Waals surface area contributed by atoms with Crippen LogP contribution < -0.4 is 10.5 Å². The van der Waals surface area contributed by atoms with Gasteiger partial charge in [0, 0.05) is 6.04 Å². The number of nitrogens with two attached hydrogens (primary N) is 1. The molecular formula is C14H24ClNO. The standard InChI is InChI=1S/C14H23NO.ClH/c1-4-8-16-14-7-6-12(5-2)10-13(14)9-11(3)15;/h6-7,10-11H,4-5,8-9,15H2,1-3H3;1H. The van der Waals surface area contributed by atoms with E-state index in [9.17, 15) is 0 Å². The summed E-state index contributed by atoms with van der Waals surface area (Å²) in [4.78, 5) is 0. The maximum absolute atomic E-state index is 5.86. The molecule has 1 atom stereocenters. The van der Waals surface area contributed by atoms with E-state index >= 15 is 0 Å². The molecule has 1 aromatic carbocycles. The third-order valence-corrected chi connectivity index (χ3v) is 2.54. The van der Waals surface area contributed by atoms with Gasteiger partial charge in [-0.25, -0.2) is 0 Å². The monoisotopic (exact) mass is 257 g/mol. The zero-order valence-corrected chi connectivity index (χ0v) is 11.8. The van der Waals surface area contributed by atoms with Gasteiger partial charge < -0.3 is 10.5 Å². The highest BCUT2D eigenvalue weighted by atomic mass is 35.5. The van der Waals surface area contributed by atoms with E-state index in [1.165, 1.54) is 11.1 Å². The lowest BCUT2D eigenvalue weighted by molar-refractivity contribution is 0.313. The van der Waals surface area contributed by atoms with Gasteiger partial charge in [0.15, 0.2) is 0 Å². The van der Waals surface area contributed by atoms with Gasteiger partial charge in [-0.05, 0) is 43.4 Å². The smallest absolute Gasteiger partial charge is 0.122 e. The first-order valence-electron chi connectivity index (χ1n) is 6.17. The fraction of sp³-hybridized carbons (Fsp3) is 0.571. The second-order valence-corrected chi connectivity index (χ2v) is 4.33. The number of benzene rings is 1. The van der Waals surface area contributed by atoms with Crippen molar-refractivity contribution in [1.82, 2.24) is 0 Å². The lowest BCUT2D eigenvalue weighted by Crippen LogP contribution is -2.18. The molecule has 1 unspecified atom stereocenters. The molecule has 17 heavy (non-hydrogen) atoms. The van der Waals surface area contributed by atoms with E-state index in [4.69, 9.17) is 10.5 Å². The Morgan fingerprint density at radius 2 is 2.00 bits per heavy atom. The van der Waals surface area contributed by atoms with Crippen molar-refractivity contribution in [2.45, 2.75) is 46.1 Å². The molecule has 1 aromatic rings. The van der Waals surface area contributed by atoms with Crippen molar-refractivity contribution >= 4 is 12.4 Å². The summed E-state index contributed by atoms with van der Waals surface area (Å²) in [5.74, 6) is 0.997. The fourth-order valence-electron chi connectivity index (χ4n) is 1.71. The van der Waals surface area contributed by atoms with E-state index in [1.54, 1.807) is 0 Å². The molecule has 0 amide bonds. The van der Waals surface area contributed by atoms with Gasteiger partial charge in [-0.15, -0.1) is 12.4 Å². The van der Waals surface area contributed by atoms with E-state index in [0.29, 0.717) is 0 Å². The zero-order chi connectivity index (χ0) is 12.0. The van der Waals surface area contributed by atoms with Crippen LogP contribution in [0.25, 0.3) is 0 Å². The second kappa shape index (κ2) is 8.37. The number of hydrogen-bond donors (Lipinski definition) is 1. The fourth-order valence-corrected chi connectivity index (χ4v) is 1.71. The molecule has 0 radical (unpaired) electrons. The second-order valence-electron chi connectivity index (χ2n) is 4.33. The van der Waals surface area contributed by atoms with Gasteiger partial charge in [0.2, 0.25) is 0 Å². The molecule has 0 aliphatic heterocycles. The Morgan fingerprint density at radius 1 is 1.29 bits per heavy atom. The maximum Gasteiger partial charge on any atom is 0.122 e. The minimum absolute atomic E-state index is 0. The molecule has 0 fully saturated rings. The lowest BCUT2D eigenvalue weighted by Gasteiger charge is -2.14. The normalized spacial score (nSPS) is 11.8. The van der Waals surface area contributed by atoms with Crippen LogP contribution in [0.1, 0.15) is 38.3 Å². The van der Waals surface area contributed by atoms with Crippen molar-refractivity contribution in [2.24, 2.45) is 5.73 Å². The minimum atomic E-state index is 0. The summed E-state index contributed by atoms with van der Waals surface area (Å²) in [7, 11) is 0. The van der Waals surface area contributed by atoms with Gasteiger partial charge in [0.1, 0.15) is 5.75 Å². The first-order chi connectivity index (χ1) is 7.67. The van der Waals surface area contributed by atoms with Crippen molar-refractivity contribution in [1.29, 1.82) is 0 Å². The minimum Gasteiger partial charge on any atom is -0.493 e. The average Bonchev–Trinajstić information content (AvgIpc) is 2.26. The Morgan fingerprint density at radius 3 is 2.53 bits per heavy atom. The van der Waals surface area contributed by atoms with Crippen molar-refractivity contribution in [3.8, 4) is 5.75 Å². The third kappa shape index (κ3) is 5.42. The Labute approximate surface area is 111 Å². The van der Waals surface area contributed by atoms with Gasteiger partial charge in [0.25, 0.3) is 0 Å². The summed E-state index contributed by atoms with van der Waals surface area (Å²) >= 11 is 0. The van der Waals surface area contributed by atoms with Crippen LogP contribution >= 0.6 is 12.4 Å². The first-order valence-corrected chi connectivity index (χ1v) is 6.17. The third-order valence-electron chi connectivity index (χ3n) is 2.54. The molecule has 0 aromatic heterocycles. The van der Waals surface area contributed by atoms with Gasteiger partial charge in [0.05, 0.1) is 6.61 Å². The largest absolute Gasteiger partial charge is 0.493 e. The Kier molecular flexibility index (Phi) is 8.01. The Hall–Kier alpha value is -0.730. The summed E-state index contributed by atoms with van der Waals surface area (Å²) in [6.07, 6.45) is 2.97. The SMILES string of the molecule is CCCOc1ccc(CC)cc1CC(C)N.Cl. The maximum atomic E-state index is 5.86. The van der Waals surface area contributed by atoms with Crippen LogP contribution in [0.2, 0.25) is 0 Å². The molecule has 98 valence electrons. The van der Waals surface area contributed by atoms with Crippen LogP contribution in [-0.4, -0.2) is 12.6 Å². The van der Waals surface area contributed by atoms with Gasteiger partial charge in [-0.3, -0.25) is 0 Å². The van der Waals surface area contributed by atoms with Crippen LogP contribution in [0.5, 0.6) is 5.75 Å². The van der Waals surface area contributed by atoms with Crippen LogP contribution in [0.3, 0.4) is 0 Å². The number of hydrogen-bond acceptors (Lipinski definition) is 2. The summed E-state index contributed by atoms with van der Waals surface area (Å²) in [6.45, 7) is 7.09. The molecule has 3 heteroatoms. The zero-order valence-electron chi connectivity index (χ0n) is 11.0. The number of aryl methyl sites for hydroxylation is 1. The predicted octanol–water partition coefficient (Wildman–Crippen LogP) is 3.35. The first kappa shape index (κ1) is 16.3. The molecule has 0 saturated heterocycles. The molecular weight excluding hydrogens is 234 g/mol. The molecule has 2 nitrogen and oxygen atoms in total. The lowest BCUT2D eigenvalue weighted by atomic mass is 10.0. The molecule has 1 rings (SSSR count). The van der Waals surface area contributed by atoms with E-state index < -0.39 is 0 Å². The van der Waals surface area contributed by atoms with Gasteiger partial charge in [-0.2, -0.15) is 0 Å². The van der Waals surface area contributed by atoms with E-state index in [2.05, 4.69) is 32.0 Å². The summed E-state index contributed by atoms with van der Waals surface area (Å²) < 4.78 is 5.73. The van der Waals surface area contributed by atoms with E-state index in [0.717, 1.165) is 31.6 Å². The molecule has 0 aliphatic rings. The Bertz CT molecular complexity index is 326. The Balaban J connectivity index is 0.00000256. The highest BCUT2D eigenvalue weighted by molar-refractivity contribution is 5.85. The number of halogens is 1. The molecule has 0 bridgehead atoms. The van der Waals surface area contributed by atoms with Crippen molar-refractivity contribution in [3.63, 3.8) is 0 Å². The number of rotatable bonds is 6. The highest BCUT2D eigenvalue weighted by Gasteiger charge is 2.07. The van der Waals surface area contributed by atoms with Crippen LogP contribution in [-0.2, 0) is 12.8 Å². The van der Waals surface area contributed by atoms with Crippen molar-refractivity contribution < 1.29 is 4.74 Å². The van der Waals surface area contributed by atoms with Crippen molar-refractivity contribution in [2.75, 3.05) is 6.61 Å². The summed E-state index contributed by atoms with van der Waals surface area (Å²) in [5.41, 5.74) is 8.44. The molecule has 0 aliphatic carbocycles. The van der Waals surface area contributed by atoms with Crippen molar-refractivity contribution in [3.05, 3.63) is 29.3 Å². The summed E-state index contributed by atoms with van der Waals surface area (Å²) in [5, 5.41) is 0. The van der Waals surface area contributed by atoms with Gasteiger partial charge >= 0.3 is 0 Å². The molecule has 0 spiro atoms.